The van der Waals surface area contributed by atoms with Crippen LogP contribution in [0.1, 0.15) is 4.88 Å². The fourth-order valence-corrected chi connectivity index (χ4v) is 3.01. The van der Waals surface area contributed by atoms with Crippen molar-refractivity contribution >= 4 is 28.6 Å². The highest BCUT2D eigenvalue weighted by Gasteiger charge is 2.06. The van der Waals surface area contributed by atoms with Gasteiger partial charge in [0.15, 0.2) is 0 Å². The summed E-state index contributed by atoms with van der Waals surface area (Å²) >= 11 is 3.22. The van der Waals surface area contributed by atoms with Gasteiger partial charge in [-0.1, -0.05) is 6.07 Å². The van der Waals surface area contributed by atoms with Gasteiger partial charge in [0.2, 0.25) is 0 Å². The quantitative estimate of drug-likeness (QED) is 0.869. The summed E-state index contributed by atoms with van der Waals surface area (Å²) < 4.78 is 0. The number of rotatable bonds is 3. The molecule has 1 N–H and O–H groups in total. The summed E-state index contributed by atoms with van der Waals surface area (Å²) in [6.07, 6.45) is 0.121. The Hall–Kier alpha value is -1.13. The van der Waals surface area contributed by atoms with Crippen molar-refractivity contribution < 1.29 is 9.90 Å². The molecule has 0 bridgehead atoms. The minimum absolute atomic E-state index is 0.121. The fraction of sp³-hybridized carbons (Fsp3) is 0.100. The van der Waals surface area contributed by atoms with E-state index in [4.69, 9.17) is 5.11 Å². The minimum atomic E-state index is -0.774. The number of thiophene rings is 2. The molecule has 0 fully saturated rings. The van der Waals surface area contributed by atoms with E-state index in [1.165, 1.54) is 4.88 Å². The predicted octanol–water partition coefficient (Wildman–Crippen LogP) is 3.10. The van der Waals surface area contributed by atoms with Crippen LogP contribution in [0.25, 0.3) is 9.75 Å². The lowest BCUT2D eigenvalue weighted by Gasteiger charge is -1.89. The van der Waals surface area contributed by atoms with E-state index in [0.29, 0.717) is 0 Å². The van der Waals surface area contributed by atoms with Gasteiger partial charge in [-0.25, -0.2) is 0 Å². The van der Waals surface area contributed by atoms with Crippen molar-refractivity contribution in [2.75, 3.05) is 0 Å². The average molecular weight is 224 g/mol. The normalized spacial score (nSPS) is 10.3. The van der Waals surface area contributed by atoms with Gasteiger partial charge in [0.05, 0.1) is 6.42 Å². The highest BCUT2D eigenvalue weighted by atomic mass is 32.1. The van der Waals surface area contributed by atoms with Gasteiger partial charge in [-0.3, -0.25) is 4.79 Å². The van der Waals surface area contributed by atoms with Crippen LogP contribution in [0, 0.1) is 0 Å². The Morgan fingerprint density at radius 1 is 1.29 bits per heavy atom. The van der Waals surface area contributed by atoms with E-state index in [1.807, 2.05) is 29.6 Å². The Morgan fingerprint density at radius 2 is 2.14 bits per heavy atom. The number of hydrogen-bond donors (Lipinski definition) is 1. The highest BCUT2D eigenvalue weighted by molar-refractivity contribution is 7.21. The lowest BCUT2D eigenvalue weighted by atomic mass is 10.3. The maximum atomic E-state index is 10.5. The molecule has 0 spiro atoms. The van der Waals surface area contributed by atoms with Gasteiger partial charge < -0.3 is 5.11 Å². The van der Waals surface area contributed by atoms with Gasteiger partial charge in [0.1, 0.15) is 0 Å². The molecular formula is C10H8O2S2. The summed E-state index contributed by atoms with van der Waals surface area (Å²) in [6, 6.07) is 7.90. The van der Waals surface area contributed by atoms with E-state index < -0.39 is 5.97 Å². The molecule has 2 aromatic rings. The van der Waals surface area contributed by atoms with Crippen molar-refractivity contribution in [3.63, 3.8) is 0 Å². The molecule has 0 unspecified atom stereocenters. The van der Waals surface area contributed by atoms with Gasteiger partial charge in [-0.05, 0) is 23.6 Å². The summed E-state index contributed by atoms with van der Waals surface area (Å²) in [5, 5.41) is 10.6. The maximum absolute atomic E-state index is 10.5. The van der Waals surface area contributed by atoms with Crippen molar-refractivity contribution in [1.29, 1.82) is 0 Å². The molecule has 2 aromatic heterocycles. The van der Waals surface area contributed by atoms with Crippen LogP contribution < -0.4 is 0 Å². The molecule has 0 amide bonds. The second kappa shape index (κ2) is 3.94. The van der Waals surface area contributed by atoms with Crippen molar-refractivity contribution in [3.05, 3.63) is 34.5 Å². The van der Waals surface area contributed by atoms with Crippen molar-refractivity contribution in [3.8, 4) is 9.75 Å². The first-order chi connectivity index (χ1) is 6.75. The molecular weight excluding hydrogens is 216 g/mol. The van der Waals surface area contributed by atoms with E-state index >= 15 is 0 Å². The number of aliphatic carboxylic acids is 1. The summed E-state index contributed by atoms with van der Waals surface area (Å²) in [4.78, 5) is 13.7. The molecule has 2 heterocycles. The van der Waals surface area contributed by atoms with Crippen molar-refractivity contribution in [1.82, 2.24) is 0 Å². The number of carbonyl (C=O) groups is 1. The third-order valence-corrected chi connectivity index (χ3v) is 3.90. The monoisotopic (exact) mass is 224 g/mol. The van der Waals surface area contributed by atoms with E-state index in [9.17, 15) is 4.79 Å². The molecule has 72 valence electrons. The van der Waals surface area contributed by atoms with Crippen LogP contribution in [-0.4, -0.2) is 11.1 Å². The summed E-state index contributed by atoms with van der Waals surface area (Å²) in [6.45, 7) is 0. The number of carboxylic acid groups (broad SMARTS) is 1. The molecule has 0 radical (unpaired) electrons. The van der Waals surface area contributed by atoms with Crippen LogP contribution in [0.3, 0.4) is 0 Å². The SMILES string of the molecule is O=C(O)Cc1ccc(-c2cccs2)s1. The van der Waals surface area contributed by atoms with Gasteiger partial charge in [-0.15, -0.1) is 22.7 Å². The topological polar surface area (TPSA) is 37.3 Å². The van der Waals surface area contributed by atoms with Crippen LogP contribution in [0.5, 0.6) is 0 Å². The lowest BCUT2D eigenvalue weighted by molar-refractivity contribution is -0.136. The standard InChI is InChI=1S/C10H8O2S2/c11-10(12)6-7-3-4-9(14-7)8-2-1-5-13-8/h1-5H,6H2,(H,11,12). The van der Waals surface area contributed by atoms with Crippen LogP contribution in [-0.2, 0) is 11.2 Å². The third-order valence-electron chi connectivity index (χ3n) is 1.75. The van der Waals surface area contributed by atoms with Crippen LogP contribution >= 0.6 is 22.7 Å². The van der Waals surface area contributed by atoms with Crippen molar-refractivity contribution in [2.24, 2.45) is 0 Å². The Bertz CT molecular complexity index is 429. The van der Waals surface area contributed by atoms with Crippen LogP contribution in [0.4, 0.5) is 0 Å². The minimum Gasteiger partial charge on any atom is -0.481 e. The molecule has 0 aliphatic rings. The van der Waals surface area contributed by atoms with Gasteiger partial charge in [0, 0.05) is 14.6 Å². The van der Waals surface area contributed by atoms with Gasteiger partial charge in [-0.2, -0.15) is 0 Å². The largest absolute Gasteiger partial charge is 0.481 e. The first-order valence-electron chi connectivity index (χ1n) is 4.10. The average Bonchev–Trinajstić information content (AvgIpc) is 2.69. The Morgan fingerprint density at radius 3 is 2.79 bits per heavy atom. The molecule has 0 atom stereocenters. The van der Waals surface area contributed by atoms with E-state index in [1.54, 1.807) is 22.7 Å². The summed E-state index contributed by atoms with van der Waals surface area (Å²) in [5.41, 5.74) is 0. The molecule has 0 saturated heterocycles. The lowest BCUT2D eigenvalue weighted by Crippen LogP contribution is -1.96. The maximum Gasteiger partial charge on any atom is 0.308 e. The van der Waals surface area contributed by atoms with Crippen LogP contribution in [0.15, 0.2) is 29.6 Å². The molecule has 4 heteroatoms. The second-order valence-corrected chi connectivity index (χ2v) is 4.93. The predicted molar refractivity (Wildman–Crippen MR) is 59.0 cm³/mol. The summed E-state index contributed by atoms with van der Waals surface area (Å²) in [5.74, 6) is -0.774. The number of hydrogen-bond acceptors (Lipinski definition) is 3. The number of carboxylic acids is 1. The van der Waals surface area contributed by atoms with E-state index in [-0.39, 0.29) is 6.42 Å². The molecule has 14 heavy (non-hydrogen) atoms. The summed E-state index contributed by atoms with van der Waals surface area (Å²) in [7, 11) is 0. The highest BCUT2D eigenvalue weighted by Crippen LogP contribution is 2.31. The Labute approximate surface area is 89.5 Å². The molecule has 0 aromatic carbocycles. The molecule has 0 saturated carbocycles. The fourth-order valence-electron chi connectivity index (χ4n) is 1.17. The molecule has 0 aliphatic heterocycles. The zero-order valence-corrected chi connectivity index (χ0v) is 8.90. The van der Waals surface area contributed by atoms with Gasteiger partial charge in [0.25, 0.3) is 0 Å². The molecule has 0 aliphatic carbocycles. The molecule has 2 nitrogen and oxygen atoms in total. The smallest absolute Gasteiger partial charge is 0.308 e. The Kier molecular flexibility index (Phi) is 2.65. The van der Waals surface area contributed by atoms with E-state index in [2.05, 4.69) is 0 Å². The Balaban J connectivity index is 2.22. The van der Waals surface area contributed by atoms with Crippen molar-refractivity contribution in [2.45, 2.75) is 6.42 Å². The molecule has 2 rings (SSSR count). The first kappa shape index (κ1) is 9.43. The third kappa shape index (κ3) is 2.02. The zero-order valence-electron chi connectivity index (χ0n) is 7.27. The first-order valence-corrected chi connectivity index (χ1v) is 5.80. The second-order valence-electron chi connectivity index (χ2n) is 2.81. The van der Waals surface area contributed by atoms with Gasteiger partial charge >= 0.3 is 5.97 Å². The zero-order chi connectivity index (χ0) is 9.97. The van der Waals surface area contributed by atoms with Crippen LogP contribution in [0.2, 0.25) is 0 Å². The van der Waals surface area contributed by atoms with E-state index in [0.717, 1.165) is 9.75 Å².